The second-order valence-corrected chi connectivity index (χ2v) is 6.45. The second kappa shape index (κ2) is 6.35. The smallest absolute Gasteiger partial charge is 0.257 e. The third-order valence-electron chi connectivity index (χ3n) is 4.77. The van der Waals surface area contributed by atoms with Gasteiger partial charge in [0, 0.05) is 13.1 Å². The normalized spacial score (nSPS) is 19.2. The highest BCUT2D eigenvalue weighted by molar-refractivity contribution is 6.04. The fourth-order valence-corrected chi connectivity index (χ4v) is 3.10. The number of hydrogen-bond donors (Lipinski definition) is 1. The Hall–Kier alpha value is -3.48. The van der Waals surface area contributed by atoms with Gasteiger partial charge in [-0.3, -0.25) is 4.79 Å². The van der Waals surface area contributed by atoms with E-state index in [1.165, 1.54) is 6.39 Å². The van der Waals surface area contributed by atoms with Gasteiger partial charge in [-0.1, -0.05) is 0 Å². The molecule has 0 radical (unpaired) electrons. The van der Waals surface area contributed by atoms with Crippen LogP contribution in [-0.4, -0.2) is 35.6 Å². The van der Waals surface area contributed by atoms with Gasteiger partial charge in [0.05, 0.1) is 36.4 Å². The zero-order valence-corrected chi connectivity index (χ0v) is 15.2. The molecule has 1 aromatic carbocycles. The highest BCUT2D eigenvalue weighted by atomic mass is 16.5. The van der Waals surface area contributed by atoms with Gasteiger partial charge in [0.15, 0.2) is 12.2 Å². The predicted octanol–water partition coefficient (Wildman–Crippen LogP) is 3.87. The van der Waals surface area contributed by atoms with Gasteiger partial charge in [0.2, 0.25) is 0 Å². The zero-order valence-electron chi connectivity index (χ0n) is 15.2. The highest BCUT2D eigenvalue weighted by Gasteiger charge is 2.38. The van der Waals surface area contributed by atoms with Crippen molar-refractivity contribution < 1.29 is 18.4 Å². The van der Waals surface area contributed by atoms with Crippen LogP contribution in [0.5, 0.6) is 5.75 Å². The molecule has 1 unspecified atom stereocenters. The van der Waals surface area contributed by atoms with E-state index in [1.54, 1.807) is 43.7 Å². The Balaban J connectivity index is 1.76. The molecule has 7 heteroatoms. The molecule has 0 spiro atoms. The lowest BCUT2D eigenvalue weighted by molar-refractivity contribution is 0.0684. The van der Waals surface area contributed by atoms with E-state index >= 15 is 0 Å². The van der Waals surface area contributed by atoms with Crippen LogP contribution in [0, 0.1) is 0 Å². The number of nitrogens with zero attached hydrogens (tertiary/aromatic N) is 2. The summed E-state index contributed by atoms with van der Waals surface area (Å²) >= 11 is 0. The fourth-order valence-electron chi connectivity index (χ4n) is 3.10. The van der Waals surface area contributed by atoms with Crippen molar-refractivity contribution >= 4 is 17.7 Å². The highest BCUT2D eigenvalue weighted by Crippen LogP contribution is 2.39. The monoisotopic (exact) mass is 365 g/mol. The lowest BCUT2D eigenvalue weighted by Gasteiger charge is -2.42. The maximum Gasteiger partial charge on any atom is 0.257 e. The van der Waals surface area contributed by atoms with Crippen molar-refractivity contribution in [1.82, 2.24) is 9.88 Å². The lowest BCUT2D eigenvalue weighted by atomic mass is 9.97. The molecule has 3 heterocycles. The van der Waals surface area contributed by atoms with E-state index < -0.39 is 5.66 Å². The second-order valence-electron chi connectivity index (χ2n) is 6.45. The molecule has 1 N–H and O–H groups in total. The van der Waals surface area contributed by atoms with Crippen LogP contribution in [0.25, 0.3) is 17.4 Å². The van der Waals surface area contributed by atoms with Gasteiger partial charge in [-0.15, -0.1) is 0 Å². The number of carbonyl (C=O) groups excluding carboxylic acids is 1. The third kappa shape index (κ3) is 2.87. The van der Waals surface area contributed by atoms with Crippen molar-refractivity contribution in [2.24, 2.45) is 0 Å². The number of oxazole rings is 1. The number of furan rings is 1. The summed E-state index contributed by atoms with van der Waals surface area (Å²) in [6, 6.07) is 7.23. The molecule has 0 bridgehead atoms. The van der Waals surface area contributed by atoms with E-state index in [9.17, 15) is 4.79 Å². The Kier molecular flexibility index (Phi) is 3.99. The first kappa shape index (κ1) is 17.0. The number of amides is 1. The zero-order chi connectivity index (χ0) is 19.0. The summed E-state index contributed by atoms with van der Waals surface area (Å²) in [5.74, 6) is 1.73. The first-order chi connectivity index (χ1) is 13.0. The largest absolute Gasteiger partial charge is 0.496 e. The molecule has 1 atom stereocenters. The number of fused-ring (bicyclic) bond motifs is 1. The van der Waals surface area contributed by atoms with E-state index in [-0.39, 0.29) is 5.91 Å². The molecule has 1 amide bonds. The van der Waals surface area contributed by atoms with E-state index in [0.717, 1.165) is 0 Å². The Morgan fingerprint density at radius 1 is 1.30 bits per heavy atom. The quantitative estimate of drug-likeness (QED) is 0.756. The van der Waals surface area contributed by atoms with Gasteiger partial charge < -0.3 is 23.8 Å². The number of carbonyl (C=O) groups is 1. The maximum absolute atomic E-state index is 13.1. The fraction of sp³-hybridized carbons (Fsp3) is 0.200. The van der Waals surface area contributed by atoms with Crippen molar-refractivity contribution in [3.8, 4) is 17.1 Å². The van der Waals surface area contributed by atoms with Gasteiger partial charge >= 0.3 is 0 Å². The van der Waals surface area contributed by atoms with Crippen LogP contribution >= 0.6 is 0 Å². The molecule has 0 saturated heterocycles. The number of benzene rings is 1. The molecule has 1 aliphatic rings. The average Bonchev–Trinajstić information content (AvgIpc) is 3.37. The minimum absolute atomic E-state index is 0.112. The van der Waals surface area contributed by atoms with Crippen LogP contribution in [0.1, 0.15) is 23.0 Å². The Bertz CT molecular complexity index is 993. The number of anilines is 1. The first-order valence-electron chi connectivity index (χ1n) is 8.42. The minimum atomic E-state index is -0.727. The predicted molar refractivity (Wildman–Crippen MR) is 100 cm³/mol. The Morgan fingerprint density at radius 3 is 2.81 bits per heavy atom. The third-order valence-corrected chi connectivity index (χ3v) is 4.77. The summed E-state index contributed by atoms with van der Waals surface area (Å²) in [5, 5.41) is 3.41. The van der Waals surface area contributed by atoms with Crippen LogP contribution in [0.2, 0.25) is 0 Å². The van der Waals surface area contributed by atoms with E-state index in [2.05, 4.69) is 10.3 Å². The SMILES string of the molecule is COc1cc2c(cc1-c1cnco1)C(=O)N(C)C(C)(C=Cc1ccco1)N2. The van der Waals surface area contributed by atoms with Crippen molar-refractivity contribution in [2.75, 3.05) is 19.5 Å². The molecule has 1 aliphatic heterocycles. The van der Waals surface area contributed by atoms with E-state index in [4.69, 9.17) is 13.6 Å². The van der Waals surface area contributed by atoms with Crippen LogP contribution in [0.15, 0.2) is 58.0 Å². The standard InChI is InChI=1S/C20H19N3O4/c1-20(7-6-13-5-4-8-26-13)22-16-10-17(25-3)15(18-11-21-12-27-18)9-14(16)19(24)23(20)2/h4-12,22H,1-3H3. The summed E-state index contributed by atoms with van der Waals surface area (Å²) in [4.78, 5) is 18.6. The van der Waals surface area contributed by atoms with Crippen molar-refractivity contribution in [3.05, 3.63) is 60.5 Å². The summed E-state index contributed by atoms with van der Waals surface area (Å²) in [6.45, 7) is 1.92. The van der Waals surface area contributed by atoms with Crippen molar-refractivity contribution in [3.63, 3.8) is 0 Å². The van der Waals surface area contributed by atoms with Crippen LogP contribution in [0.3, 0.4) is 0 Å². The molecule has 0 aliphatic carbocycles. The Morgan fingerprint density at radius 2 is 2.15 bits per heavy atom. The molecule has 2 aromatic heterocycles. The van der Waals surface area contributed by atoms with Crippen LogP contribution in [0.4, 0.5) is 5.69 Å². The Labute approximate surface area is 156 Å². The van der Waals surface area contributed by atoms with Gasteiger partial charge in [-0.2, -0.15) is 0 Å². The van der Waals surface area contributed by atoms with Gasteiger partial charge in [0.1, 0.15) is 17.2 Å². The molecule has 0 fully saturated rings. The molecular weight excluding hydrogens is 346 g/mol. The van der Waals surface area contributed by atoms with Gasteiger partial charge in [-0.05, 0) is 37.3 Å². The minimum Gasteiger partial charge on any atom is -0.496 e. The van der Waals surface area contributed by atoms with Crippen molar-refractivity contribution in [2.45, 2.75) is 12.6 Å². The molecule has 138 valence electrons. The number of likely N-dealkylation sites (N-methyl/N-ethyl adjacent to an activating group) is 1. The lowest BCUT2D eigenvalue weighted by Crippen LogP contribution is -2.54. The first-order valence-corrected chi connectivity index (χ1v) is 8.42. The summed E-state index contributed by atoms with van der Waals surface area (Å²) in [6.07, 6.45) is 8.27. The number of methoxy groups -OCH3 is 1. The van der Waals surface area contributed by atoms with E-state index in [1.807, 2.05) is 31.2 Å². The molecule has 7 nitrogen and oxygen atoms in total. The number of hydrogen-bond acceptors (Lipinski definition) is 6. The molecular formula is C20H19N3O4. The average molecular weight is 365 g/mol. The topological polar surface area (TPSA) is 80.7 Å². The van der Waals surface area contributed by atoms with Gasteiger partial charge in [0.25, 0.3) is 5.91 Å². The van der Waals surface area contributed by atoms with E-state index in [0.29, 0.717) is 34.1 Å². The molecule has 3 aromatic rings. The molecule has 27 heavy (non-hydrogen) atoms. The van der Waals surface area contributed by atoms with Gasteiger partial charge in [-0.25, -0.2) is 4.98 Å². The maximum atomic E-state index is 13.1. The number of nitrogens with one attached hydrogen (secondary N) is 1. The summed E-state index contributed by atoms with van der Waals surface area (Å²) < 4.78 is 16.2. The molecule has 0 saturated carbocycles. The van der Waals surface area contributed by atoms with Crippen LogP contribution in [-0.2, 0) is 0 Å². The summed E-state index contributed by atoms with van der Waals surface area (Å²) in [7, 11) is 3.33. The number of ether oxygens (including phenoxy) is 1. The van der Waals surface area contributed by atoms with Crippen molar-refractivity contribution in [1.29, 1.82) is 0 Å². The van der Waals surface area contributed by atoms with Crippen LogP contribution < -0.4 is 10.1 Å². The number of rotatable bonds is 4. The number of aromatic nitrogens is 1. The summed E-state index contributed by atoms with van der Waals surface area (Å²) in [5.41, 5.74) is 1.17. The molecule has 4 rings (SSSR count).